The van der Waals surface area contributed by atoms with E-state index in [-0.39, 0.29) is 18.9 Å². The second kappa shape index (κ2) is 9.50. The van der Waals surface area contributed by atoms with Crippen LogP contribution in [0.4, 0.5) is 0 Å². The number of furan rings is 1. The van der Waals surface area contributed by atoms with Crippen LogP contribution in [0.2, 0.25) is 0 Å². The number of hydrogen-bond acceptors (Lipinski definition) is 6. The van der Waals surface area contributed by atoms with Crippen molar-refractivity contribution >= 4 is 11.9 Å². The van der Waals surface area contributed by atoms with Crippen LogP contribution >= 0.6 is 0 Å². The number of aryl methyl sites for hydroxylation is 1. The van der Waals surface area contributed by atoms with Gasteiger partial charge in [-0.25, -0.2) is 0 Å². The molecule has 7 heteroatoms. The maximum atomic E-state index is 12.1. The lowest BCUT2D eigenvalue weighted by atomic mass is 10.2. The van der Waals surface area contributed by atoms with Crippen LogP contribution in [0.5, 0.6) is 11.5 Å². The van der Waals surface area contributed by atoms with E-state index in [0.29, 0.717) is 23.7 Å². The first-order valence-corrected chi connectivity index (χ1v) is 8.24. The van der Waals surface area contributed by atoms with Crippen LogP contribution < -0.4 is 14.8 Å². The van der Waals surface area contributed by atoms with Gasteiger partial charge in [-0.2, -0.15) is 0 Å². The van der Waals surface area contributed by atoms with Crippen LogP contribution in [0.1, 0.15) is 24.7 Å². The van der Waals surface area contributed by atoms with Gasteiger partial charge in [-0.1, -0.05) is 6.07 Å². The molecule has 7 nitrogen and oxygen atoms in total. The lowest BCUT2D eigenvalue weighted by Crippen LogP contribution is -2.35. The normalized spacial score (nSPS) is 11.5. The lowest BCUT2D eigenvalue weighted by molar-refractivity contribution is -0.154. The fraction of sp³-hybridized carbons (Fsp3) is 0.368. The van der Waals surface area contributed by atoms with E-state index in [2.05, 4.69) is 5.32 Å². The van der Waals surface area contributed by atoms with Crippen molar-refractivity contribution < 1.29 is 28.2 Å². The van der Waals surface area contributed by atoms with Crippen LogP contribution in [-0.4, -0.2) is 32.2 Å². The minimum Gasteiger partial charge on any atom is -0.493 e. The minimum absolute atomic E-state index is 0.154. The Hall–Kier alpha value is -2.96. The molecule has 140 valence electrons. The molecular weight excluding hydrogens is 338 g/mol. The lowest BCUT2D eigenvalue weighted by Gasteiger charge is -2.14. The Morgan fingerprint density at radius 2 is 1.92 bits per heavy atom. The summed E-state index contributed by atoms with van der Waals surface area (Å²) < 4.78 is 20.7. The highest BCUT2D eigenvalue weighted by Crippen LogP contribution is 2.27. The number of nitrogens with one attached hydrogen (secondary N) is 1. The smallest absolute Gasteiger partial charge is 0.307 e. The molecule has 1 amide bonds. The zero-order valence-corrected chi connectivity index (χ0v) is 15.1. The molecule has 1 N–H and O–H groups in total. The molecule has 0 saturated carbocycles. The van der Waals surface area contributed by atoms with Crippen molar-refractivity contribution in [1.29, 1.82) is 0 Å². The molecular formula is C19H23NO6. The first-order chi connectivity index (χ1) is 12.5. The molecule has 0 aliphatic carbocycles. The molecule has 26 heavy (non-hydrogen) atoms. The molecule has 0 aliphatic rings. The molecule has 1 aromatic heterocycles. The quantitative estimate of drug-likeness (QED) is 0.691. The Bertz CT molecular complexity index is 726. The highest BCUT2D eigenvalue weighted by Gasteiger charge is 2.18. The molecule has 1 atom stereocenters. The molecule has 0 saturated heterocycles. The Balaban J connectivity index is 1.78. The summed E-state index contributed by atoms with van der Waals surface area (Å²) in [4.78, 5) is 23.9. The van der Waals surface area contributed by atoms with Crippen LogP contribution in [0, 0.1) is 0 Å². The van der Waals surface area contributed by atoms with E-state index in [9.17, 15) is 9.59 Å². The Labute approximate surface area is 152 Å². The minimum atomic E-state index is -0.876. The van der Waals surface area contributed by atoms with Crippen molar-refractivity contribution in [2.75, 3.05) is 14.2 Å². The van der Waals surface area contributed by atoms with Gasteiger partial charge in [0, 0.05) is 13.0 Å². The molecule has 0 bridgehead atoms. The molecule has 0 aliphatic heterocycles. The summed E-state index contributed by atoms with van der Waals surface area (Å²) in [6.07, 6.45) is 1.26. The summed E-state index contributed by atoms with van der Waals surface area (Å²) >= 11 is 0. The molecule has 2 aromatic rings. The molecule has 1 heterocycles. The van der Waals surface area contributed by atoms with Gasteiger partial charge in [-0.3, -0.25) is 9.59 Å². The van der Waals surface area contributed by atoms with Gasteiger partial charge in [0.05, 0.1) is 26.9 Å². The summed E-state index contributed by atoms with van der Waals surface area (Å²) in [7, 11) is 3.10. The van der Waals surface area contributed by atoms with Gasteiger partial charge in [-0.05, 0) is 36.8 Å². The molecule has 0 unspecified atom stereocenters. The van der Waals surface area contributed by atoms with E-state index in [4.69, 9.17) is 18.6 Å². The number of hydrogen-bond donors (Lipinski definition) is 1. The number of esters is 1. The van der Waals surface area contributed by atoms with Gasteiger partial charge in [-0.15, -0.1) is 0 Å². The average Bonchev–Trinajstić information content (AvgIpc) is 3.17. The summed E-state index contributed by atoms with van der Waals surface area (Å²) in [5.74, 6) is 1.08. The fourth-order valence-electron chi connectivity index (χ4n) is 2.31. The van der Waals surface area contributed by atoms with Gasteiger partial charge < -0.3 is 23.9 Å². The zero-order chi connectivity index (χ0) is 18.9. The second-order valence-corrected chi connectivity index (χ2v) is 5.62. The number of benzene rings is 1. The van der Waals surface area contributed by atoms with Crippen LogP contribution in [0.25, 0.3) is 0 Å². The van der Waals surface area contributed by atoms with Crippen molar-refractivity contribution in [3.63, 3.8) is 0 Å². The van der Waals surface area contributed by atoms with Crippen molar-refractivity contribution in [2.45, 2.75) is 32.4 Å². The first kappa shape index (κ1) is 19.4. The van der Waals surface area contributed by atoms with E-state index in [1.165, 1.54) is 6.92 Å². The summed E-state index contributed by atoms with van der Waals surface area (Å²) in [5.41, 5.74) is 0.840. The average molecular weight is 361 g/mol. The summed E-state index contributed by atoms with van der Waals surface area (Å²) in [6, 6.07) is 8.90. The second-order valence-electron chi connectivity index (χ2n) is 5.62. The Morgan fingerprint density at radius 1 is 1.15 bits per heavy atom. The number of amides is 1. The third kappa shape index (κ3) is 5.54. The van der Waals surface area contributed by atoms with Crippen LogP contribution in [0.3, 0.4) is 0 Å². The highest BCUT2D eigenvalue weighted by molar-refractivity contribution is 5.83. The first-order valence-electron chi connectivity index (χ1n) is 8.24. The molecule has 0 spiro atoms. The highest BCUT2D eigenvalue weighted by atomic mass is 16.5. The van der Waals surface area contributed by atoms with Crippen LogP contribution in [0.15, 0.2) is 41.0 Å². The van der Waals surface area contributed by atoms with E-state index in [0.717, 1.165) is 5.56 Å². The molecule has 2 rings (SSSR count). The van der Waals surface area contributed by atoms with Gasteiger partial charge in [0.2, 0.25) is 0 Å². The molecule has 0 fully saturated rings. The number of methoxy groups -OCH3 is 2. The van der Waals surface area contributed by atoms with Gasteiger partial charge in [0.15, 0.2) is 17.6 Å². The Morgan fingerprint density at radius 3 is 2.58 bits per heavy atom. The monoisotopic (exact) mass is 361 g/mol. The third-order valence-corrected chi connectivity index (χ3v) is 3.75. The number of rotatable bonds is 9. The Kier molecular flexibility index (Phi) is 7.08. The largest absolute Gasteiger partial charge is 0.493 e. The summed E-state index contributed by atoms with van der Waals surface area (Å²) in [5, 5.41) is 2.73. The van der Waals surface area contributed by atoms with Crippen molar-refractivity contribution in [3.05, 3.63) is 47.9 Å². The van der Waals surface area contributed by atoms with Crippen molar-refractivity contribution in [3.8, 4) is 11.5 Å². The third-order valence-electron chi connectivity index (χ3n) is 3.75. The SMILES string of the molecule is COc1ccc(CNC(=O)[C@@H](C)OC(=O)CCc2ccco2)cc1OC. The maximum absolute atomic E-state index is 12.1. The molecule has 1 aromatic carbocycles. The van der Waals surface area contributed by atoms with E-state index >= 15 is 0 Å². The molecule has 0 radical (unpaired) electrons. The van der Waals surface area contributed by atoms with Crippen LogP contribution in [-0.2, 0) is 27.3 Å². The number of carbonyl (C=O) groups excluding carboxylic acids is 2. The number of carbonyl (C=O) groups is 2. The van der Waals surface area contributed by atoms with E-state index in [1.54, 1.807) is 44.7 Å². The van der Waals surface area contributed by atoms with Crippen molar-refractivity contribution in [1.82, 2.24) is 5.32 Å². The predicted molar refractivity (Wildman–Crippen MR) is 94.0 cm³/mol. The van der Waals surface area contributed by atoms with Gasteiger partial charge >= 0.3 is 5.97 Å². The fourth-order valence-corrected chi connectivity index (χ4v) is 2.31. The predicted octanol–water partition coefficient (Wildman–Crippen LogP) is 2.48. The zero-order valence-electron chi connectivity index (χ0n) is 15.1. The van der Waals surface area contributed by atoms with E-state index in [1.807, 2.05) is 6.07 Å². The van der Waals surface area contributed by atoms with Crippen molar-refractivity contribution in [2.24, 2.45) is 0 Å². The van der Waals surface area contributed by atoms with Gasteiger partial charge in [0.1, 0.15) is 5.76 Å². The topological polar surface area (TPSA) is 87.0 Å². The van der Waals surface area contributed by atoms with E-state index < -0.39 is 12.1 Å². The summed E-state index contributed by atoms with van der Waals surface area (Å²) in [6.45, 7) is 1.82. The maximum Gasteiger partial charge on any atom is 0.307 e. The van der Waals surface area contributed by atoms with Gasteiger partial charge in [0.25, 0.3) is 5.91 Å². The number of ether oxygens (including phenoxy) is 3. The standard InChI is InChI=1S/C19H23NO6/c1-13(26-18(21)9-7-15-5-4-10-25-15)19(22)20-12-14-6-8-16(23-2)17(11-14)24-3/h4-6,8,10-11,13H,7,9,12H2,1-3H3,(H,20,22)/t13-/m1/s1.